The SMILES string of the molecule is C=C1c2c(C)sc(-c3cc4c(s3)-c3sc(C)cc3[Si]4(C)C)c2C(=O)N1CCCCCCCC. The molecule has 0 bridgehead atoms. The molecule has 3 aromatic heterocycles. The summed E-state index contributed by atoms with van der Waals surface area (Å²) in [5.74, 6) is 0.167. The van der Waals surface area contributed by atoms with Crippen molar-refractivity contribution in [3.8, 4) is 19.5 Å². The van der Waals surface area contributed by atoms with Crippen LogP contribution in [0.4, 0.5) is 0 Å². The zero-order chi connectivity index (χ0) is 23.5. The summed E-state index contributed by atoms with van der Waals surface area (Å²) < 4.78 is 0. The van der Waals surface area contributed by atoms with E-state index < -0.39 is 8.07 Å². The van der Waals surface area contributed by atoms with E-state index in [1.807, 2.05) is 27.6 Å². The molecule has 2 nitrogen and oxygen atoms in total. The molecule has 1 amide bonds. The second-order valence-electron chi connectivity index (χ2n) is 9.99. The van der Waals surface area contributed by atoms with Crippen molar-refractivity contribution in [2.75, 3.05) is 6.54 Å². The summed E-state index contributed by atoms with van der Waals surface area (Å²) in [5.41, 5.74) is 2.93. The third-order valence-electron chi connectivity index (χ3n) is 7.26. The van der Waals surface area contributed by atoms with Crippen molar-refractivity contribution in [1.29, 1.82) is 0 Å². The molecular formula is C27H33NOS3Si. The van der Waals surface area contributed by atoms with Gasteiger partial charge < -0.3 is 4.90 Å². The fraction of sp³-hybridized carbons (Fsp3) is 0.444. The molecule has 0 spiro atoms. The van der Waals surface area contributed by atoms with Gasteiger partial charge in [0.2, 0.25) is 0 Å². The summed E-state index contributed by atoms with van der Waals surface area (Å²) in [5, 5.41) is 3.15. The molecule has 0 radical (unpaired) electrons. The fourth-order valence-corrected chi connectivity index (χ4v) is 13.8. The quantitative estimate of drug-likeness (QED) is 0.224. The van der Waals surface area contributed by atoms with Gasteiger partial charge in [-0.2, -0.15) is 0 Å². The van der Waals surface area contributed by atoms with Crippen molar-refractivity contribution in [3.63, 3.8) is 0 Å². The molecule has 0 unspecified atom stereocenters. The van der Waals surface area contributed by atoms with Gasteiger partial charge in [-0.15, -0.1) is 34.0 Å². The minimum atomic E-state index is -1.65. The first-order chi connectivity index (χ1) is 15.8. The number of nitrogens with zero attached hydrogens (tertiary/aromatic N) is 1. The molecular weight excluding hydrogens is 479 g/mol. The maximum Gasteiger partial charge on any atom is 0.260 e. The highest BCUT2D eigenvalue weighted by Gasteiger charge is 2.42. The Morgan fingerprint density at radius 3 is 2.30 bits per heavy atom. The first-order valence-electron chi connectivity index (χ1n) is 12.2. The lowest BCUT2D eigenvalue weighted by Crippen LogP contribution is -2.48. The predicted octanol–water partition coefficient (Wildman–Crippen LogP) is 7.74. The molecule has 3 aromatic rings. The van der Waals surface area contributed by atoms with Crippen molar-refractivity contribution in [1.82, 2.24) is 4.90 Å². The Labute approximate surface area is 211 Å². The molecule has 0 atom stereocenters. The Morgan fingerprint density at radius 2 is 1.55 bits per heavy atom. The molecule has 0 aromatic carbocycles. The van der Waals surface area contributed by atoms with E-state index in [9.17, 15) is 4.79 Å². The molecule has 0 saturated carbocycles. The number of aryl methyl sites for hydroxylation is 2. The van der Waals surface area contributed by atoms with Gasteiger partial charge in [0.1, 0.15) is 8.07 Å². The summed E-state index contributed by atoms with van der Waals surface area (Å²) in [4.78, 5) is 23.5. The number of carbonyl (C=O) groups is 1. The molecule has 0 fully saturated rings. The number of carbonyl (C=O) groups excluding carboxylic acids is 1. The summed E-state index contributed by atoms with van der Waals surface area (Å²) in [6, 6.07) is 4.84. The average molecular weight is 512 g/mol. The Morgan fingerprint density at radius 1 is 0.879 bits per heavy atom. The normalized spacial score (nSPS) is 16.0. The number of unbranched alkanes of at least 4 members (excludes halogenated alkanes) is 5. The maximum absolute atomic E-state index is 13.6. The van der Waals surface area contributed by atoms with E-state index in [0.717, 1.165) is 34.7 Å². The first kappa shape index (κ1) is 23.3. The third-order valence-corrected chi connectivity index (χ3v) is 14.7. The highest BCUT2D eigenvalue weighted by Crippen LogP contribution is 2.49. The Balaban J connectivity index is 1.44. The van der Waals surface area contributed by atoms with Crippen LogP contribution in [0.25, 0.3) is 25.2 Å². The van der Waals surface area contributed by atoms with E-state index >= 15 is 0 Å². The number of amides is 1. The highest BCUT2D eigenvalue weighted by molar-refractivity contribution is 7.31. The van der Waals surface area contributed by atoms with Gasteiger partial charge in [-0.05, 0) is 42.8 Å². The van der Waals surface area contributed by atoms with E-state index in [2.05, 4.69) is 52.6 Å². The van der Waals surface area contributed by atoms with Crippen LogP contribution < -0.4 is 10.4 Å². The third kappa shape index (κ3) is 3.65. The first-order valence-corrected chi connectivity index (χ1v) is 17.6. The summed E-state index contributed by atoms with van der Waals surface area (Å²) in [6.07, 6.45) is 7.39. The Kier molecular flexibility index (Phi) is 6.09. The van der Waals surface area contributed by atoms with Crippen LogP contribution in [0, 0.1) is 13.8 Å². The smallest absolute Gasteiger partial charge is 0.260 e. The largest absolute Gasteiger partial charge is 0.308 e. The lowest BCUT2D eigenvalue weighted by Gasteiger charge is -2.18. The number of thiophene rings is 3. The molecule has 0 saturated heterocycles. The van der Waals surface area contributed by atoms with Gasteiger partial charge >= 0.3 is 0 Å². The van der Waals surface area contributed by atoms with E-state index in [1.165, 1.54) is 56.5 Å². The minimum absolute atomic E-state index is 0.167. The van der Waals surface area contributed by atoms with E-state index in [4.69, 9.17) is 0 Å². The molecule has 33 heavy (non-hydrogen) atoms. The summed E-state index contributed by atoms with van der Waals surface area (Å²) >= 11 is 5.62. The molecule has 2 aliphatic heterocycles. The monoisotopic (exact) mass is 511 g/mol. The van der Waals surface area contributed by atoms with Crippen LogP contribution in [0.1, 0.15) is 71.1 Å². The van der Waals surface area contributed by atoms with Crippen LogP contribution >= 0.6 is 34.0 Å². The minimum Gasteiger partial charge on any atom is -0.308 e. The van der Waals surface area contributed by atoms with Gasteiger partial charge in [0, 0.05) is 42.2 Å². The Hall–Kier alpha value is -1.47. The van der Waals surface area contributed by atoms with Crippen molar-refractivity contribution in [2.24, 2.45) is 0 Å². The van der Waals surface area contributed by atoms with Gasteiger partial charge in [0.15, 0.2) is 0 Å². The zero-order valence-corrected chi connectivity index (χ0v) is 23.8. The van der Waals surface area contributed by atoms with E-state index in [0.29, 0.717) is 0 Å². The molecule has 174 valence electrons. The van der Waals surface area contributed by atoms with Crippen LogP contribution in [-0.4, -0.2) is 25.4 Å². The van der Waals surface area contributed by atoms with Gasteiger partial charge in [-0.3, -0.25) is 4.79 Å². The predicted molar refractivity (Wildman–Crippen MR) is 151 cm³/mol. The standard InChI is InChI=1S/C27H33NOS3Si/c1-7-8-9-10-11-12-13-28-17(3)22-18(4)31-24(23(22)27(28)29)19-15-21-26(32-19)25-20(33(21,5)6)14-16(2)30-25/h14-15H,3,7-13H2,1-2,4-6H3. The maximum atomic E-state index is 13.6. The molecule has 0 aliphatic carbocycles. The second kappa shape index (κ2) is 8.63. The van der Waals surface area contributed by atoms with E-state index in [1.54, 1.807) is 21.7 Å². The highest BCUT2D eigenvalue weighted by atomic mass is 32.1. The number of hydrogen-bond donors (Lipinski definition) is 0. The summed E-state index contributed by atoms with van der Waals surface area (Å²) in [6.45, 7) is 16.7. The second-order valence-corrected chi connectivity index (χ2v) is 17.8. The van der Waals surface area contributed by atoms with Gasteiger partial charge in [-0.25, -0.2) is 0 Å². The zero-order valence-electron chi connectivity index (χ0n) is 20.4. The van der Waals surface area contributed by atoms with Crippen LogP contribution in [-0.2, 0) is 0 Å². The van der Waals surface area contributed by atoms with Crippen molar-refractivity contribution in [3.05, 3.63) is 39.6 Å². The molecule has 2 aliphatic rings. The van der Waals surface area contributed by atoms with Crippen LogP contribution in [0.2, 0.25) is 13.1 Å². The van der Waals surface area contributed by atoms with E-state index in [-0.39, 0.29) is 5.91 Å². The van der Waals surface area contributed by atoms with Crippen LogP contribution in [0.15, 0.2) is 18.7 Å². The van der Waals surface area contributed by atoms with Gasteiger partial charge in [-0.1, -0.05) is 58.7 Å². The number of rotatable bonds is 8. The lowest BCUT2D eigenvalue weighted by molar-refractivity contribution is 0.0849. The van der Waals surface area contributed by atoms with Gasteiger partial charge in [0.25, 0.3) is 5.91 Å². The van der Waals surface area contributed by atoms with Crippen LogP contribution in [0.5, 0.6) is 0 Å². The van der Waals surface area contributed by atoms with Crippen molar-refractivity contribution >= 4 is 64.1 Å². The molecule has 0 N–H and O–H groups in total. The molecule has 5 heterocycles. The number of hydrogen-bond acceptors (Lipinski definition) is 4. The molecule has 5 rings (SSSR count). The average Bonchev–Trinajstić information content (AvgIpc) is 3.52. The topological polar surface area (TPSA) is 20.3 Å². The van der Waals surface area contributed by atoms with Crippen LogP contribution in [0.3, 0.4) is 0 Å². The van der Waals surface area contributed by atoms with Gasteiger partial charge in [0.05, 0.1) is 10.4 Å². The lowest BCUT2D eigenvalue weighted by atomic mass is 10.1. The Bertz CT molecular complexity index is 1260. The van der Waals surface area contributed by atoms with Crippen molar-refractivity contribution in [2.45, 2.75) is 72.4 Å². The summed E-state index contributed by atoms with van der Waals surface area (Å²) in [7, 11) is -1.65. The number of fused-ring (bicyclic) bond motifs is 4. The molecule has 6 heteroatoms. The fourth-order valence-electron chi connectivity index (χ4n) is 5.38. The van der Waals surface area contributed by atoms with Crippen molar-refractivity contribution < 1.29 is 4.79 Å².